The first-order valence-electron chi connectivity index (χ1n) is 12.6. The monoisotopic (exact) mass is 548 g/mol. The number of pyridine rings is 1. The van der Waals surface area contributed by atoms with Gasteiger partial charge in [0, 0.05) is 6.07 Å². The van der Waals surface area contributed by atoms with Gasteiger partial charge in [-0.15, -0.1) is 0 Å². The number of rotatable bonds is 4. The summed E-state index contributed by atoms with van der Waals surface area (Å²) in [6.07, 6.45) is 2.03. The predicted octanol–water partition coefficient (Wildman–Crippen LogP) is 7.01. The first kappa shape index (κ1) is 23.7. The fourth-order valence-electron chi connectivity index (χ4n) is 5.42. The van der Waals surface area contributed by atoms with Gasteiger partial charge >= 0.3 is 214 Å². The molecule has 0 unspecified atom stereocenters. The molecule has 0 amide bonds. The number of benzene rings is 4. The minimum atomic E-state index is -2.44. The van der Waals surface area contributed by atoms with E-state index in [0.29, 0.717) is 11.1 Å². The molecule has 0 saturated heterocycles. The standard InChI is InChI=1S/C33H29FGeNO/c1-22-13-18-26-27-19-20-28(34)31(33(27)37-32(26)30(22)29-12-8-9-21-36(29)4)23-14-16-25(17-15-23)35(2,3)24-10-6-5-7-11-24/h5-21H,1-4H3/q+1. The number of aryl methyl sites for hydroxylation is 2. The molecular formula is C33H29FGeNO+. The Morgan fingerprint density at radius 2 is 1.30 bits per heavy atom. The van der Waals surface area contributed by atoms with Gasteiger partial charge in [0.15, 0.2) is 0 Å². The van der Waals surface area contributed by atoms with Gasteiger partial charge in [-0.2, -0.15) is 0 Å². The molecule has 0 spiro atoms. The Labute approximate surface area is 219 Å². The first-order valence-corrected chi connectivity index (χ1v) is 18.9. The average Bonchev–Trinajstić information content (AvgIpc) is 3.28. The summed E-state index contributed by atoms with van der Waals surface area (Å²) >= 11 is -2.44. The molecule has 0 aliphatic carbocycles. The summed E-state index contributed by atoms with van der Waals surface area (Å²) in [5.74, 6) is 4.53. The molecule has 0 radical (unpaired) electrons. The summed E-state index contributed by atoms with van der Waals surface area (Å²) in [7, 11) is 2.03. The van der Waals surface area contributed by atoms with Crippen molar-refractivity contribution in [2.45, 2.75) is 18.4 Å². The van der Waals surface area contributed by atoms with Crippen LogP contribution in [0.4, 0.5) is 4.39 Å². The van der Waals surface area contributed by atoms with Crippen molar-refractivity contribution in [3.63, 3.8) is 0 Å². The zero-order chi connectivity index (χ0) is 25.7. The molecule has 4 heteroatoms. The van der Waals surface area contributed by atoms with Crippen molar-refractivity contribution in [1.29, 1.82) is 0 Å². The Kier molecular flexibility index (Phi) is 5.76. The number of hydrogen-bond acceptors (Lipinski definition) is 1. The Balaban J connectivity index is 1.53. The van der Waals surface area contributed by atoms with Crippen molar-refractivity contribution in [3.8, 4) is 22.4 Å². The molecule has 6 aromatic rings. The molecule has 6 rings (SSSR count). The predicted molar refractivity (Wildman–Crippen MR) is 154 cm³/mol. The summed E-state index contributed by atoms with van der Waals surface area (Å²) < 4.78 is 26.9. The van der Waals surface area contributed by atoms with Crippen molar-refractivity contribution >= 4 is 44.0 Å². The van der Waals surface area contributed by atoms with E-state index in [9.17, 15) is 0 Å². The fourth-order valence-corrected chi connectivity index (χ4v) is 10.4. The Morgan fingerprint density at radius 3 is 2.00 bits per heavy atom. The fraction of sp³-hybridized carbons (Fsp3) is 0.121. The van der Waals surface area contributed by atoms with Gasteiger partial charge in [-0.3, -0.25) is 0 Å². The number of nitrogens with zero attached hydrogens (tertiary/aromatic N) is 1. The maximum absolute atomic E-state index is 15.4. The van der Waals surface area contributed by atoms with Crippen LogP contribution in [0, 0.1) is 12.7 Å². The number of furan rings is 1. The van der Waals surface area contributed by atoms with E-state index in [0.717, 1.165) is 38.7 Å². The SMILES string of the molecule is Cc1ccc2c(oc3c(-c4cc[c]([Ge]([CH3])([CH3])[c]5ccccc5)cc4)c(F)ccc32)c1-c1cccc[n+]1C. The molecule has 0 aliphatic rings. The van der Waals surface area contributed by atoms with Crippen LogP contribution in [-0.4, -0.2) is 13.3 Å². The maximum atomic E-state index is 15.4. The molecule has 0 aliphatic heterocycles. The van der Waals surface area contributed by atoms with Gasteiger partial charge < -0.3 is 0 Å². The van der Waals surface area contributed by atoms with Crippen molar-refractivity contribution in [1.82, 2.24) is 0 Å². The zero-order valence-electron chi connectivity index (χ0n) is 21.5. The van der Waals surface area contributed by atoms with E-state index >= 15 is 4.39 Å². The summed E-state index contributed by atoms with van der Waals surface area (Å²) in [6, 6.07) is 33.0. The number of aromatic nitrogens is 1. The normalized spacial score (nSPS) is 11.9. The van der Waals surface area contributed by atoms with Crippen LogP contribution in [-0.2, 0) is 7.05 Å². The van der Waals surface area contributed by atoms with Gasteiger partial charge in [0.2, 0.25) is 0 Å². The summed E-state index contributed by atoms with van der Waals surface area (Å²) in [5.41, 5.74) is 5.96. The van der Waals surface area contributed by atoms with E-state index in [2.05, 4.69) is 95.8 Å². The van der Waals surface area contributed by atoms with Crippen molar-refractivity contribution in [2.24, 2.45) is 7.05 Å². The third kappa shape index (κ3) is 3.89. The summed E-state index contributed by atoms with van der Waals surface area (Å²) in [6.45, 7) is 2.09. The molecule has 0 saturated carbocycles. The third-order valence-electron chi connectivity index (χ3n) is 7.67. The molecule has 4 aromatic carbocycles. The second-order valence-electron chi connectivity index (χ2n) is 10.3. The van der Waals surface area contributed by atoms with Crippen LogP contribution in [0.1, 0.15) is 5.56 Å². The van der Waals surface area contributed by atoms with Crippen LogP contribution in [0.15, 0.2) is 108 Å². The Morgan fingerprint density at radius 1 is 0.676 bits per heavy atom. The van der Waals surface area contributed by atoms with Gasteiger partial charge in [0.25, 0.3) is 0 Å². The summed E-state index contributed by atoms with van der Waals surface area (Å²) in [5, 5.41) is 1.93. The van der Waals surface area contributed by atoms with E-state index in [4.69, 9.17) is 4.42 Å². The third-order valence-corrected chi connectivity index (χ3v) is 15.1. The minimum absolute atomic E-state index is 0.272. The van der Waals surface area contributed by atoms with Gasteiger partial charge in [-0.1, -0.05) is 0 Å². The van der Waals surface area contributed by atoms with E-state index in [1.54, 1.807) is 6.07 Å². The average molecular weight is 547 g/mol. The van der Waals surface area contributed by atoms with Crippen LogP contribution in [0.2, 0.25) is 11.5 Å². The van der Waals surface area contributed by atoms with Crippen LogP contribution in [0.5, 0.6) is 0 Å². The molecule has 2 aromatic heterocycles. The van der Waals surface area contributed by atoms with Gasteiger partial charge in [0.05, 0.1) is 0 Å². The van der Waals surface area contributed by atoms with Gasteiger partial charge in [0.1, 0.15) is 0 Å². The molecule has 2 heterocycles. The molecule has 0 fully saturated rings. The van der Waals surface area contributed by atoms with E-state index in [-0.39, 0.29) is 5.82 Å². The molecule has 182 valence electrons. The number of hydrogen-bond donors (Lipinski definition) is 0. The van der Waals surface area contributed by atoms with E-state index < -0.39 is 13.3 Å². The molecule has 2 nitrogen and oxygen atoms in total. The van der Waals surface area contributed by atoms with Crippen LogP contribution < -0.4 is 13.4 Å². The second kappa shape index (κ2) is 9.00. The number of fused-ring (bicyclic) bond motifs is 3. The van der Waals surface area contributed by atoms with Crippen molar-refractivity contribution in [3.05, 3.63) is 115 Å². The molecule has 37 heavy (non-hydrogen) atoms. The van der Waals surface area contributed by atoms with Crippen LogP contribution in [0.3, 0.4) is 0 Å². The topological polar surface area (TPSA) is 17.0 Å². The molecule has 0 atom stereocenters. The van der Waals surface area contributed by atoms with Crippen molar-refractivity contribution < 1.29 is 13.4 Å². The Hall–Kier alpha value is -3.70. The van der Waals surface area contributed by atoms with Crippen LogP contribution in [0.25, 0.3) is 44.3 Å². The zero-order valence-corrected chi connectivity index (χ0v) is 23.6. The van der Waals surface area contributed by atoms with Crippen molar-refractivity contribution in [2.75, 3.05) is 0 Å². The molecule has 0 bridgehead atoms. The number of halogens is 1. The van der Waals surface area contributed by atoms with E-state index in [1.165, 1.54) is 8.79 Å². The summed E-state index contributed by atoms with van der Waals surface area (Å²) in [4.78, 5) is 0. The molecular weight excluding hydrogens is 518 g/mol. The first-order chi connectivity index (χ1) is 17.9. The van der Waals surface area contributed by atoms with E-state index in [1.807, 2.05) is 31.4 Å². The second-order valence-corrected chi connectivity index (χ2v) is 19.5. The van der Waals surface area contributed by atoms with Crippen LogP contribution >= 0.6 is 0 Å². The quantitative estimate of drug-likeness (QED) is 0.171. The Bertz CT molecular complexity index is 1770. The van der Waals surface area contributed by atoms with Gasteiger partial charge in [-0.05, 0) is 0 Å². The van der Waals surface area contributed by atoms with Gasteiger partial charge in [-0.25, -0.2) is 0 Å². The molecule has 0 N–H and O–H groups in total.